The third kappa shape index (κ3) is 3.06. The molecule has 3 aliphatic rings. The SMILES string of the molecule is O=C(C1CC(c2ccc(F)cc2)NN1)N1CCC2(CCNC2)CC1. The van der Waals surface area contributed by atoms with Crippen molar-refractivity contribution in [2.75, 3.05) is 26.2 Å². The number of nitrogens with one attached hydrogen (secondary N) is 3. The van der Waals surface area contributed by atoms with Crippen molar-refractivity contribution in [1.29, 1.82) is 0 Å². The fourth-order valence-corrected chi connectivity index (χ4v) is 4.28. The van der Waals surface area contributed by atoms with Crippen LogP contribution in [0.25, 0.3) is 0 Å². The van der Waals surface area contributed by atoms with E-state index in [1.165, 1.54) is 18.6 Å². The normalized spacial score (nSPS) is 29.3. The van der Waals surface area contributed by atoms with E-state index in [0.717, 1.165) is 44.6 Å². The highest BCUT2D eigenvalue weighted by Gasteiger charge is 2.40. The van der Waals surface area contributed by atoms with Gasteiger partial charge in [0.05, 0.1) is 0 Å². The van der Waals surface area contributed by atoms with Crippen LogP contribution in [0.4, 0.5) is 4.39 Å². The summed E-state index contributed by atoms with van der Waals surface area (Å²) in [5, 5.41) is 3.46. The maximum Gasteiger partial charge on any atom is 0.241 e. The predicted molar refractivity (Wildman–Crippen MR) is 89.6 cm³/mol. The van der Waals surface area contributed by atoms with E-state index in [1.807, 2.05) is 4.90 Å². The van der Waals surface area contributed by atoms with Crippen LogP contribution < -0.4 is 16.2 Å². The molecule has 0 saturated carbocycles. The summed E-state index contributed by atoms with van der Waals surface area (Å²) in [5.41, 5.74) is 7.75. The number of carbonyl (C=O) groups excluding carboxylic acids is 1. The van der Waals surface area contributed by atoms with Gasteiger partial charge in [-0.1, -0.05) is 12.1 Å². The van der Waals surface area contributed by atoms with Crippen LogP contribution in [0.15, 0.2) is 24.3 Å². The second kappa shape index (κ2) is 6.43. The number of hydrogen-bond acceptors (Lipinski definition) is 4. The fourth-order valence-electron chi connectivity index (χ4n) is 4.28. The van der Waals surface area contributed by atoms with Gasteiger partial charge in [-0.2, -0.15) is 0 Å². The number of carbonyl (C=O) groups is 1. The average Bonchev–Trinajstić information content (AvgIpc) is 3.26. The summed E-state index contributed by atoms with van der Waals surface area (Å²) in [6, 6.07) is 6.33. The molecule has 3 saturated heterocycles. The first-order valence-electron chi connectivity index (χ1n) is 8.91. The van der Waals surface area contributed by atoms with Crippen molar-refractivity contribution < 1.29 is 9.18 Å². The Morgan fingerprint density at radius 2 is 1.88 bits per heavy atom. The number of piperidine rings is 1. The Morgan fingerprint density at radius 3 is 2.54 bits per heavy atom. The van der Waals surface area contributed by atoms with Crippen molar-refractivity contribution in [3.05, 3.63) is 35.6 Å². The maximum absolute atomic E-state index is 13.0. The molecule has 0 aromatic heterocycles. The number of rotatable bonds is 2. The van der Waals surface area contributed by atoms with Crippen LogP contribution in [0.2, 0.25) is 0 Å². The third-order valence-electron chi connectivity index (χ3n) is 5.94. The molecule has 3 N–H and O–H groups in total. The molecule has 0 aliphatic carbocycles. The quantitative estimate of drug-likeness (QED) is 0.765. The molecule has 1 amide bonds. The molecule has 2 atom stereocenters. The molecule has 6 heteroatoms. The third-order valence-corrected chi connectivity index (χ3v) is 5.94. The first-order valence-corrected chi connectivity index (χ1v) is 8.91. The minimum Gasteiger partial charge on any atom is -0.341 e. The lowest BCUT2D eigenvalue weighted by Crippen LogP contribution is -2.50. The second-order valence-corrected chi connectivity index (χ2v) is 7.43. The minimum atomic E-state index is -0.235. The summed E-state index contributed by atoms with van der Waals surface area (Å²) in [6.45, 7) is 3.94. The number of nitrogens with zero attached hydrogens (tertiary/aromatic N) is 1. The number of amides is 1. The lowest BCUT2D eigenvalue weighted by atomic mass is 9.77. The van der Waals surface area contributed by atoms with Crippen molar-refractivity contribution in [2.24, 2.45) is 5.41 Å². The predicted octanol–water partition coefficient (Wildman–Crippen LogP) is 1.34. The molecular formula is C18H25FN4O. The van der Waals surface area contributed by atoms with Crippen LogP contribution in [-0.4, -0.2) is 43.0 Å². The van der Waals surface area contributed by atoms with Crippen LogP contribution in [0, 0.1) is 11.2 Å². The maximum atomic E-state index is 13.0. The first kappa shape index (κ1) is 16.0. The molecule has 2 unspecified atom stereocenters. The van der Waals surface area contributed by atoms with Crippen LogP contribution in [-0.2, 0) is 4.79 Å². The highest BCUT2D eigenvalue weighted by molar-refractivity contribution is 5.82. The number of halogens is 1. The van der Waals surface area contributed by atoms with E-state index in [4.69, 9.17) is 0 Å². The van der Waals surface area contributed by atoms with E-state index >= 15 is 0 Å². The standard InChI is InChI=1S/C18H25FN4O/c19-14-3-1-13(2-4-14)15-11-16(22-21-15)17(24)23-9-6-18(7-10-23)5-8-20-12-18/h1-4,15-16,20-22H,5-12H2. The Labute approximate surface area is 141 Å². The molecule has 1 aromatic rings. The highest BCUT2D eigenvalue weighted by atomic mass is 19.1. The summed E-state index contributed by atoms with van der Waals surface area (Å²) in [6.07, 6.45) is 4.15. The molecule has 3 fully saturated rings. The molecule has 3 heterocycles. The second-order valence-electron chi connectivity index (χ2n) is 7.43. The van der Waals surface area contributed by atoms with Gasteiger partial charge in [0, 0.05) is 25.7 Å². The van der Waals surface area contributed by atoms with Crippen molar-refractivity contribution >= 4 is 5.91 Å². The summed E-state index contributed by atoms with van der Waals surface area (Å²) < 4.78 is 13.0. The van der Waals surface area contributed by atoms with Gasteiger partial charge in [0.1, 0.15) is 11.9 Å². The van der Waals surface area contributed by atoms with Gasteiger partial charge in [-0.25, -0.2) is 15.2 Å². The van der Waals surface area contributed by atoms with E-state index < -0.39 is 0 Å². The van der Waals surface area contributed by atoms with Gasteiger partial charge in [0.2, 0.25) is 5.91 Å². The van der Waals surface area contributed by atoms with Gasteiger partial charge in [-0.3, -0.25) is 4.79 Å². The van der Waals surface area contributed by atoms with Crippen LogP contribution in [0.3, 0.4) is 0 Å². The number of hydrogen-bond donors (Lipinski definition) is 3. The fraction of sp³-hybridized carbons (Fsp3) is 0.611. The molecule has 24 heavy (non-hydrogen) atoms. The molecular weight excluding hydrogens is 307 g/mol. The summed E-state index contributed by atoms with van der Waals surface area (Å²) >= 11 is 0. The molecule has 3 aliphatic heterocycles. The van der Waals surface area contributed by atoms with E-state index in [0.29, 0.717) is 11.8 Å². The monoisotopic (exact) mass is 332 g/mol. The van der Waals surface area contributed by atoms with Gasteiger partial charge in [-0.15, -0.1) is 0 Å². The topological polar surface area (TPSA) is 56.4 Å². The highest BCUT2D eigenvalue weighted by Crippen LogP contribution is 2.37. The smallest absolute Gasteiger partial charge is 0.241 e. The number of benzene rings is 1. The molecule has 130 valence electrons. The summed E-state index contributed by atoms with van der Waals surface area (Å²) in [7, 11) is 0. The van der Waals surface area contributed by atoms with Gasteiger partial charge >= 0.3 is 0 Å². The molecule has 1 spiro atoms. The van der Waals surface area contributed by atoms with Gasteiger partial charge in [0.25, 0.3) is 0 Å². The molecule has 1 aromatic carbocycles. The molecule has 0 radical (unpaired) electrons. The van der Waals surface area contributed by atoms with E-state index in [9.17, 15) is 9.18 Å². The lowest BCUT2D eigenvalue weighted by molar-refractivity contribution is -0.135. The summed E-state index contributed by atoms with van der Waals surface area (Å²) in [4.78, 5) is 14.8. The Bertz CT molecular complexity index is 590. The average molecular weight is 332 g/mol. The van der Waals surface area contributed by atoms with Crippen molar-refractivity contribution in [3.8, 4) is 0 Å². The number of likely N-dealkylation sites (tertiary alicyclic amines) is 1. The number of hydrazine groups is 1. The van der Waals surface area contributed by atoms with Gasteiger partial charge < -0.3 is 10.2 Å². The van der Waals surface area contributed by atoms with Gasteiger partial charge in [-0.05, 0) is 55.3 Å². The molecule has 5 nitrogen and oxygen atoms in total. The van der Waals surface area contributed by atoms with Crippen molar-refractivity contribution in [3.63, 3.8) is 0 Å². The minimum absolute atomic E-state index is 0.0507. The zero-order valence-corrected chi connectivity index (χ0v) is 13.9. The largest absolute Gasteiger partial charge is 0.341 e. The zero-order valence-electron chi connectivity index (χ0n) is 13.9. The van der Waals surface area contributed by atoms with E-state index in [2.05, 4.69) is 16.2 Å². The lowest BCUT2D eigenvalue weighted by Gasteiger charge is -2.39. The zero-order chi connectivity index (χ0) is 16.6. The van der Waals surface area contributed by atoms with E-state index in [1.54, 1.807) is 12.1 Å². The first-order chi connectivity index (χ1) is 11.7. The van der Waals surface area contributed by atoms with Crippen molar-refractivity contribution in [1.82, 2.24) is 21.1 Å². The Balaban J connectivity index is 1.33. The Kier molecular flexibility index (Phi) is 4.28. The van der Waals surface area contributed by atoms with Crippen LogP contribution >= 0.6 is 0 Å². The van der Waals surface area contributed by atoms with Crippen LogP contribution in [0.5, 0.6) is 0 Å². The molecule has 0 bridgehead atoms. The summed E-state index contributed by atoms with van der Waals surface area (Å²) in [5.74, 6) is -0.0473. The molecule has 4 rings (SSSR count). The van der Waals surface area contributed by atoms with Crippen molar-refractivity contribution in [2.45, 2.75) is 37.8 Å². The van der Waals surface area contributed by atoms with E-state index in [-0.39, 0.29) is 23.8 Å². The Hall–Kier alpha value is -1.50. The van der Waals surface area contributed by atoms with Crippen LogP contribution in [0.1, 0.15) is 37.3 Å². The van der Waals surface area contributed by atoms with Gasteiger partial charge in [0.15, 0.2) is 0 Å². The Morgan fingerprint density at radius 1 is 1.12 bits per heavy atom.